The van der Waals surface area contributed by atoms with E-state index in [1.54, 1.807) is 29.2 Å². The molecule has 2 rings (SSSR count). The maximum Gasteiger partial charge on any atom is 0.227 e. The van der Waals surface area contributed by atoms with E-state index in [2.05, 4.69) is 0 Å². The summed E-state index contributed by atoms with van der Waals surface area (Å²) in [5.41, 5.74) is 0.764. The smallest absolute Gasteiger partial charge is 0.227 e. The molecule has 1 atom stereocenters. The monoisotopic (exact) mass is 246 g/mol. The van der Waals surface area contributed by atoms with Crippen molar-refractivity contribution in [1.82, 2.24) is 4.90 Å². The van der Waals surface area contributed by atoms with Gasteiger partial charge in [0.05, 0.1) is 25.6 Å². The van der Waals surface area contributed by atoms with Gasteiger partial charge >= 0.3 is 0 Å². The molecule has 5 heteroatoms. The van der Waals surface area contributed by atoms with Crippen LogP contribution in [-0.4, -0.2) is 41.7 Å². The molecule has 0 bridgehead atoms. The summed E-state index contributed by atoms with van der Waals surface area (Å²) in [5.74, 6) is 0.0985. The van der Waals surface area contributed by atoms with Crippen molar-refractivity contribution in [2.75, 3.05) is 19.7 Å². The molecule has 1 amide bonds. The van der Waals surface area contributed by atoms with Crippen LogP contribution in [0.4, 0.5) is 0 Å². The van der Waals surface area contributed by atoms with Gasteiger partial charge in [-0.25, -0.2) is 0 Å². The third-order valence-electron chi connectivity index (χ3n) is 2.83. The standard InChI is InChI=1S/C13H14N2O3/c14-8-12-9-15(4-5-18-12)13(17)7-10-2-1-3-11(16)6-10/h1-3,6,12,16H,4-5,7,9H2. The first kappa shape index (κ1) is 12.4. The minimum atomic E-state index is -0.535. The van der Waals surface area contributed by atoms with Gasteiger partial charge in [0.25, 0.3) is 0 Å². The molecule has 1 aromatic carbocycles. The first-order chi connectivity index (χ1) is 8.69. The fourth-order valence-corrected chi connectivity index (χ4v) is 1.91. The molecule has 0 saturated carbocycles. The summed E-state index contributed by atoms with van der Waals surface area (Å²) in [5, 5.41) is 18.1. The third kappa shape index (κ3) is 2.99. The zero-order chi connectivity index (χ0) is 13.0. The van der Waals surface area contributed by atoms with E-state index < -0.39 is 6.10 Å². The van der Waals surface area contributed by atoms with Crippen LogP contribution in [0.15, 0.2) is 24.3 Å². The number of nitrogens with zero attached hydrogens (tertiary/aromatic N) is 2. The van der Waals surface area contributed by atoms with Gasteiger partial charge in [-0.1, -0.05) is 12.1 Å². The lowest BCUT2D eigenvalue weighted by Gasteiger charge is -2.29. The molecule has 1 N–H and O–H groups in total. The molecule has 1 saturated heterocycles. The van der Waals surface area contributed by atoms with E-state index in [1.165, 1.54) is 0 Å². The predicted molar refractivity (Wildman–Crippen MR) is 63.7 cm³/mol. The van der Waals surface area contributed by atoms with Gasteiger partial charge in [-0.05, 0) is 17.7 Å². The van der Waals surface area contributed by atoms with E-state index in [4.69, 9.17) is 10.00 Å². The van der Waals surface area contributed by atoms with Crippen molar-refractivity contribution >= 4 is 5.91 Å². The molecule has 94 valence electrons. The van der Waals surface area contributed by atoms with Gasteiger partial charge in [0.1, 0.15) is 5.75 Å². The number of rotatable bonds is 2. The second-order valence-corrected chi connectivity index (χ2v) is 4.17. The van der Waals surface area contributed by atoms with Crippen molar-refractivity contribution in [3.63, 3.8) is 0 Å². The Morgan fingerprint density at radius 1 is 1.61 bits per heavy atom. The quantitative estimate of drug-likeness (QED) is 0.833. The van der Waals surface area contributed by atoms with Gasteiger partial charge in [-0.2, -0.15) is 5.26 Å². The number of hydrogen-bond acceptors (Lipinski definition) is 4. The Kier molecular flexibility index (Phi) is 3.80. The molecule has 1 fully saturated rings. The summed E-state index contributed by atoms with van der Waals surface area (Å²) in [7, 11) is 0. The molecule has 1 heterocycles. The number of nitriles is 1. The maximum absolute atomic E-state index is 12.0. The maximum atomic E-state index is 12.0. The van der Waals surface area contributed by atoms with Gasteiger partial charge in [-0.3, -0.25) is 4.79 Å². The molecule has 1 unspecified atom stereocenters. The van der Waals surface area contributed by atoms with E-state index >= 15 is 0 Å². The molecule has 0 aliphatic carbocycles. The van der Waals surface area contributed by atoms with Crippen LogP contribution >= 0.6 is 0 Å². The number of ether oxygens (including phenoxy) is 1. The Hall–Kier alpha value is -2.06. The van der Waals surface area contributed by atoms with Gasteiger partial charge < -0.3 is 14.7 Å². The van der Waals surface area contributed by atoms with E-state index in [9.17, 15) is 9.90 Å². The second kappa shape index (κ2) is 5.52. The van der Waals surface area contributed by atoms with Crippen molar-refractivity contribution in [1.29, 1.82) is 5.26 Å². The summed E-state index contributed by atoms with van der Waals surface area (Å²) in [6.45, 7) is 1.22. The number of carbonyl (C=O) groups excluding carboxylic acids is 1. The highest BCUT2D eigenvalue weighted by Crippen LogP contribution is 2.13. The number of morpholine rings is 1. The number of phenolic OH excluding ortho intramolecular Hbond substituents is 1. The van der Waals surface area contributed by atoms with E-state index in [0.29, 0.717) is 19.7 Å². The lowest BCUT2D eigenvalue weighted by atomic mass is 10.1. The summed E-state index contributed by atoms with van der Waals surface area (Å²) in [6, 6.07) is 8.63. The van der Waals surface area contributed by atoms with E-state index in [0.717, 1.165) is 5.56 Å². The highest BCUT2D eigenvalue weighted by molar-refractivity contribution is 5.79. The zero-order valence-electron chi connectivity index (χ0n) is 9.87. The summed E-state index contributed by atoms with van der Waals surface area (Å²) >= 11 is 0. The van der Waals surface area contributed by atoms with E-state index in [-0.39, 0.29) is 18.1 Å². The van der Waals surface area contributed by atoms with Gasteiger partial charge in [0, 0.05) is 6.54 Å². The topological polar surface area (TPSA) is 73.6 Å². The molecule has 1 aliphatic heterocycles. The molecule has 1 aliphatic rings. The van der Waals surface area contributed by atoms with Crippen molar-refractivity contribution < 1.29 is 14.6 Å². The fourth-order valence-electron chi connectivity index (χ4n) is 1.91. The van der Waals surface area contributed by atoms with Crippen LogP contribution in [0.1, 0.15) is 5.56 Å². The molecule has 18 heavy (non-hydrogen) atoms. The Balaban J connectivity index is 1.98. The third-order valence-corrected chi connectivity index (χ3v) is 2.83. The highest BCUT2D eigenvalue weighted by atomic mass is 16.5. The average molecular weight is 246 g/mol. The molecular weight excluding hydrogens is 232 g/mol. The number of phenols is 1. The largest absolute Gasteiger partial charge is 0.508 e. The second-order valence-electron chi connectivity index (χ2n) is 4.17. The number of carbonyl (C=O) groups is 1. The molecule has 0 spiro atoms. The Bertz CT molecular complexity index is 481. The van der Waals surface area contributed by atoms with Crippen LogP contribution in [0.25, 0.3) is 0 Å². The zero-order valence-corrected chi connectivity index (χ0v) is 9.87. The lowest BCUT2D eigenvalue weighted by molar-refractivity contribution is -0.136. The summed E-state index contributed by atoms with van der Waals surface area (Å²) in [4.78, 5) is 13.6. The summed E-state index contributed by atoms with van der Waals surface area (Å²) in [6.07, 6.45) is -0.307. The molecule has 1 aromatic rings. The van der Waals surface area contributed by atoms with E-state index in [1.807, 2.05) is 6.07 Å². The van der Waals surface area contributed by atoms with Crippen molar-refractivity contribution in [2.45, 2.75) is 12.5 Å². The van der Waals surface area contributed by atoms with Crippen molar-refractivity contribution in [3.05, 3.63) is 29.8 Å². The molecule has 5 nitrogen and oxygen atoms in total. The summed E-state index contributed by atoms with van der Waals surface area (Å²) < 4.78 is 5.18. The van der Waals surface area contributed by atoms with Crippen molar-refractivity contribution in [2.24, 2.45) is 0 Å². The van der Waals surface area contributed by atoms with Crippen LogP contribution in [0.2, 0.25) is 0 Å². The Morgan fingerprint density at radius 3 is 3.17 bits per heavy atom. The molecule has 0 radical (unpaired) electrons. The first-order valence-electron chi connectivity index (χ1n) is 5.76. The molecular formula is C13H14N2O3. The van der Waals surface area contributed by atoms with Gasteiger partial charge in [-0.15, -0.1) is 0 Å². The Labute approximate surface area is 105 Å². The predicted octanol–water partition coefficient (Wildman–Crippen LogP) is 0.686. The van der Waals surface area contributed by atoms with Crippen LogP contribution < -0.4 is 0 Å². The first-order valence-corrected chi connectivity index (χ1v) is 5.76. The van der Waals surface area contributed by atoms with Crippen LogP contribution in [0, 0.1) is 11.3 Å². The number of aromatic hydroxyl groups is 1. The van der Waals surface area contributed by atoms with Crippen molar-refractivity contribution in [3.8, 4) is 11.8 Å². The fraction of sp³-hybridized carbons (Fsp3) is 0.385. The number of benzene rings is 1. The minimum Gasteiger partial charge on any atom is -0.508 e. The van der Waals surface area contributed by atoms with Gasteiger partial charge in [0.15, 0.2) is 6.10 Å². The van der Waals surface area contributed by atoms with Crippen LogP contribution in [0.5, 0.6) is 5.75 Å². The normalized spacial score (nSPS) is 19.3. The SMILES string of the molecule is N#CC1CN(C(=O)Cc2cccc(O)c2)CCO1. The number of amides is 1. The Morgan fingerprint density at radius 2 is 2.44 bits per heavy atom. The highest BCUT2D eigenvalue weighted by Gasteiger charge is 2.23. The number of hydrogen-bond donors (Lipinski definition) is 1. The van der Waals surface area contributed by atoms with Crippen LogP contribution in [-0.2, 0) is 16.0 Å². The van der Waals surface area contributed by atoms with Gasteiger partial charge in [0.2, 0.25) is 5.91 Å². The van der Waals surface area contributed by atoms with Crippen LogP contribution in [0.3, 0.4) is 0 Å². The average Bonchev–Trinajstić information content (AvgIpc) is 2.39. The molecule has 0 aromatic heterocycles. The lowest BCUT2D eigenvalue weighted by Crippen LogP contribution is -2.45. The minimum absolute atomic E-state index is 0.0517.